The van der Waals surface area contributed by atoms with Gasteiger partial charge in [0.1, 0.15) is 11.5 Å². The van der Waals surface area contributed by atoms with Gasteiger partial charge >= 0.3 is 0 Å². The third-order valence-corrected chi connectivity index (χ3v) is 3.35. The van der Waals surface area contributed by atoms with Crippen LogP contribution in [0.4, 0.5) is 5.82 Å². The molecule has 1 unspecified atom stereocenters. The third kappa shape index (κ3) is 3.01. The molecule has 0 aliphatic carbocycles. The number of hydrogen-bond acceptors (Lipinski definition) is 6. The molecule has 94 valence electrons. The van der Waals surface area contributed by atoms with Gasteiger partial charge < -0.3 is 11.1 Å². The largest absolute Gasteiger partial charge is 0.382 e. The first-order valence-electron chi connectivity index (χ1n) is 5.42. The molecule has 18 heavy (non-hydrogen) atoms. The van der Waals surface area contributed by atoms with Crippen LogP contribution in [-0.2, 0) is 0 Å². The van der Waals surface area contributed by atoms with E-state index in [0.29, 0.717) is 12.4 Å². The van der Waals surface area contributed by atoms with Gasteiger partial charge in [0, 0.05) is 24.0 Å². The molecule has 0 saturated carbocycles. The molecule has 2 aromatic rings. The van der Waals surface area contributed by atoms with E-state index in [0.717, 1.165) is 5.01 Å². The molecule has 0 saturated heterocycles. The van der Waals surface area contributed by atoms with Crippen molar-refractivity contribution in [3.05, 3.63) is 34.7 Å². The summed E-state index contributed by atoms with van der Waals surface area (Å²) in [7, 11) is 0. The van der Waals surface area contributed by atoms with Crippen molar-refractivity contribution in [2.45, 2.75) is 12.8 Å². The maximum Gasteiger partial charge on any atom is 0.271 e. The van der Waals surface area contributed by atoms with E-state index < -0.39 is 0 Å². The Bertz CT molecular complexity index is 511. The molecule has 7 heteroatoms. The third-order valence-electron chi connectivity index (χ3n) is 2.35. The van der Waals surface area contributed by atoms with Crippen LogP contribution in [0.1, 0.15) is 28.3 Å². The van der Waals surface area contributed by atoms with Crippen LogP contribution in [0.5, 0.6) is 0 Å². The fourth-order valence-corrected chi connectivity index (χ4v) is 2.06. The molecule has 0 spiro atoms. The second-order valence-corrected chi connectivity index (χ2v) is 4.73. The Kier molecular flexibility index (Phi) is 3.83. The molecule has 1 amide bonds. The topological polar surface area (TPSA) is 93.8 Å². The van der Waals surface area contributed by atoms with Crippen molar-refractivity contribution in [3.8, 4) is 0 Å². The Morgan fingerprint density at radius 3 is 2.89 bits per heavy atom. The summed E-state index contributed by atoms with van der Waals surface area (Å²) in [6.45, 7) is 2.52. The van der Waals surface area contributed by atoms with Gasteiger partial charge in [-0.1, -0.05) is 6.92 Å². The summed E-state index contributed by atoms with van der Waals surface area (Å²) in [4.78, 5) is 23.7. The molecule has 0 aliphatic rings. The summed E-state index contributed by atoms with van der Waals surface area (Å²) < 4.78 is 0. The molecule has 1 atom stereocenters. The maximum absolute atomic E-state index is 11.8. The minimum atomic E-state index is -0.258. The fourth-order valence-electron chi connectivity index (χ4n) is 1.36. The molecule has 2 heterocycles. The number of nitrogens with one attached hydrogen (secondary N) is 1. The zero-order valence-corrected chi connectivity index (χ0v) is 10.6. The highest BCUT2D eigenvalue weighted by atomic mass is 32.1. The number of anilines is 1. The van der Waals surface area contributed by atoms with Crippen molar-refractivity contribution in [2.24, 2.45) is 0 Å². The van der Waals surface area contributed by atoms with Crippen LogP contribution in [0.2, 0.25) is 0 Å². The molecular formula is C11H13N5OS. The summed E-state index contributed by atoms with van der Waals surface area (Å²) in [5.74, 6) is 0.212. The molecule has 0 aromatic carbocycles. The van der Waals surface area contributed by atoms with Crippen LogP contribution in [0.15, 0.2) is 24.0 Å². The van der Waals surface area contributed by atoms with Gasteiger partial charge in [0.25, 0.3) is 5.91 Å². The monoisotopic (exact) mass is 263 g/mol. The molecule has 0 fully saturated rings. The Balaban J connectivity index is 1.90. The maximum atomic E-state index is 11.8. The van der Waals surface area contributed by atoms with Crippen LogP contribution >= 0.6 is 11.3 Å². The summed E-state index contributed by atoms with van der Waals surface area (Å²) >= 11 is 1.57. The number of rotatable bonds is 4. The highest BCUT2D eigenvalue weighted by Gasteiger charge is 2.12. The highest BCUT2D eigenvalue weighted by molar-refractivity contribution is 7.09. The van der Waals surface area contributed by atoms with E-state index in [2.05, 4.69) is 20.3 Å². The van der Waals surface area contributed by atoms with Crippen LogP contribution in [0, 0.1) is 0 Å². The number of nitrogen functional groups attached to an aromatic ring is 1. The second kappa shape index (κ2) is 5.54. The number of carbonyl (C=O) groups is 1. The van der Waals surface area contributed by atoms with Crippen molar-refractivity contribution in [1.29, 1.82) is 0 Å². The lowest BCUT2D eigenvalue weighted by Gasteiger charge is -2.09. The lowest BCUT2D eigenvalue weighted by atomic mass is 10.2. The van der Waals surface area contributed by atoms with Gasteiger partial charge in [0.15, 0.2) is 0 Å². The van der Waals surface area contributed by atoms with E-state index >= 15 is 0 Å². The van der Waals surface area contributed by atoms with Crippen LogP contribution < -0.4 is 11.1 Å². The SMILES string of the molecule is CC(CNC(=O)c1cnc(N)cn1)c1nccs1. The molecule has 3 N–H and O–H groups in total. The first-order chi connectivity index (χ1) is 8.66. The fraction of sp³-hybridized carbons (Fsp3) is 0.273. The summed E-state index contributed by atoms with van der Waals surface area (Å²) in [6, 6.07) is 0. The number of nitrogens with zero attached hydrogens (tertiary/aromatic N) is 3. The number of thiazole rings is 1. The van der Waals surface area contributed by atoms with Gasteiger partial charge in [0.2, 0.25) is 0 Å². The highest BCUT2D eigenvalue weighted by Crippen LogP contribution is 2.16. The summed E-state index contributed by atoms with van der Waals surface area (Å²) in [5, 5.41) is 5.71. The van der Waals surface area contributed by atoms with Gasteiger partial charge in [-0.25, -0.2) is 15.0 Å². The zero-order valence-electron chi connectivity index (χ0n) is 9.83. The molecule has 0 bridgehead atoms. The molecule has 2 aromatic heterocycles. The molecule has 6 nitrogen and oxygen atoms in total. The molecule has 0 radical (unpaired) electrons. The smallest absolute Gasteiger partial charge is 0.271 e. The molecular weight excluding hydrogens is 250 g/mol. The standard InChI is InChI=1S/C11H13N5OS/c1-7(11-13-2-3-18-11)4-16-10(17)8-5-15-9(12)6-14-8/h2-3,5-7H,4H2,1H3,(H2,12,15)(H,16,17). The number of aromatic nitrogens is 3. The van der Waals surface area contributed by atoms with Gasteiger partial charge in [-0.3, -0.25) is 4.79 Å². The summed E-state index contributed by atoms with van der Waals surface area (Å²) in [6.07, 6.45) is 4.47. The predicted octanol–water partition coefficient (Wildman–Crippen LogP) is 1.05. The van der Waals surface area contributed by atoms with Crippen molar-refractivity contribution in [1.82, 2.24) is 20.3 Å². The number of nitrogens with two attached hydrogens (primary N) is 1. The lowest BCUT2D eigenvalue weighted by molar-refractivity contribution is 0.0946. The first-order valence-corrected chi connectivity index (χ1v) is 6.30. The van der Waals surface area contributed by atoms with Crippen molar-refractivity contribution in [3.63, 3.8) is 0 Å². The number of amides is 1. The molecule has 2 rings (SSSR count). The van der Waals surface area contributed by atoms with Crippen LogP contribution in [0.3, 0.4) is 0 Å². The van der Waals surface area contributed by atoms with E-state index in [1.165, 1.54) is 12.4 Å². The van der Waals surface area contributed by atoms with Gasteiger partial charge in [-0.15, -0.1) is 11.3 Å². The van der Waals surface area contributed by atoms with Crippen LogP contribution in [0.25, 0.3) is 0 Å². The average molecular weight is 263 g/mol. The summed E-state index contributed by atoms with van der Waals surface area (Å²) in [5.41, 5.74) is 5.66. The predicted molar refractivity (Wildman–Crippen MR) is 69.3 cm³/mol. The normalized spacial score (nSPS) is 12.1. The van der Waals surface area contributed by atoms with E-state index in [1.54, 1.807) is 17.5 Å². The van der Waals surface area contributed by atoms with Gasteiger partial charge in [0.05, 0.1) is 17.4 Å². The van der Waals surface area contributed by atoms with Crippen molar-refractivity contribution >= 4 is 23.1 Å². The molecule has 0 aliphatic heterocycles. The quantitative estimate of drug-likeness (QED) is 0.859. The van der Waals surface area contributed by atoms with Gasteiger partial charge in [-0.2, -0.15) is 0 Å². The Labute approximate surface area is 108 Å². The van der Waals surface area contributed by atoms with Crippen molar-refractivity contribution in [2.75, 3.05) is 12.3 Å². The average Bonchev–Trinajstić information content (AvgIpc) is 2.90. The second-order valence-electron chi connectivity index (χ2n) is 3.81. The zero-order chi connectivity index (χ0) is 13.0. The Hall–Kier alpha value is -2.02. The Morgan fingerprint density at radius 2 is 2.28 bits per heavy atom. The van der Waals surface area contributed by atoms with E-state index in [9.17, 15) is 4.79 Å². The Morgan fingerprint density at radius 1 is 1.44 bits per heavy atom. The minimum absolute atomic E-state index is 0.177. The van der Waals surface area contributed by atoms with E-state index in [1.807, 2.05) is 12.3 Å². The van der Waals surface area contributed by atoms with Gasteiger partial charge in [-0.05, 0) is 0 Å². The number of carbonyl (C=O) groups excluding carboxylic acids is 1. The van der Waals surface area contributed by atoms with E-state index in [-0.39, 0.29) is 17.5 Å². The van der Waals surface area contributed by atoms with Crippen LogP contribution in [-0.4, -0.2) is 27.4 Å². The lowest BCUT2D eigenvalue weighted by Crippen LogP contribution is -2.28. The van der Waals surface area contributed by atoms with E-state index in [4.69, 9.17) is 5.73 Å². The number of hydrogen-bond donors (Lipinski definition) is 2. The first kappa shape index (κ1) is 12.4. The van der Waals surface area contributed by atoms with Crippen molar-refractivity contribution < 1.29 is 4.79 Å². The minimum Gasteiger partial charge on any atom is -0.382 e.